The van der Waals surface area contributed by atoms with E-state index in [0.717, 1.165) is 48.3 Å². The van der Waals surface area contributed by atoms with Crippen molar-refractivity contribution in [1.82, 2.24) is 0 Å². The van der Waals surface area contributed by atoms with Gasteiger partial charge < -0.3 is 38.5 Å². The number of hydrogen-bond acceptors (Lipinski definition) is 2. The molecule has 1 aliphatic heterocycles. The fraction of sp³-hybridized carbons (Fsp3) is 0.409. The van der Waals surface area contributed by atoms with Gasteiger partial charge in [0.15, 0.2) is 0 Å². The fourth-order valence-electron chi connectivity index (χ4n) is 3.73. The Bertz CT molecular complexity index is 803. The van der Waals surface area contributed by atoms with Crippen LogP contribution in [0.4, 0.5) is 5.69 Å². The Morgan fingerprint density at radius 3 is 2.43 bits per heavy atom. The molecule has 1 N–H and O–H groups in total. The van der Waals surface area contributed by atoms with Gasteiger partial charge in [-0.1, -0.05) is 29.8 Å². The molecule has 1 amide bonds. The molecule has 0 saturated carbocycles. The van der Waals surface area contributed by atoms with Gasteiger partial charge in [0.25, 0.3) is 5.91 Å². The molecular weight excluding hydrogens is 487 g/mol. The van der Waals surface area contributed by atoms with E-state index in [2.05, 4.69) is 31.5 Å². The molecule has 1 saturated heterocycles. The fourth-order valence-corrected chi connectivity index (χ4v) is 3.90. The molecule has 1 aliphatic rings. The van der Waals surface area contributed by atoms with Gasteiger partial charge in [0.1, 0.15) is 6.54 Å². The molecule has 0 aliphatic carbocycles. The maximum Gasteiger partial charge on any atom is 0.255 e. The maximum atomic E-state index is 12.5. The Morgan fingerprint density at radius 2 is 1.79 bits per heavy atom. The third kappa shape index (κ3) is 5.69. The van der Waals surface area contributed by atoms with Gasteiger partial charge in [-0.15, -0.1) is 0 Å². The van der Waals surface area contributed by atoms with Gasteiger partial charge in [-0.25, -0.2) is 0 Å². The first-order valence-electron chi connectivity index (χ1n) is 9.42. The van der Waals surface area contributed by atoms with E-state index in [-0.39, 0.29) is 29.9 Å². The minimum absolute atomic E-state index is 0. The number of ether oxygens (including phenoxy) is 1. The molecule has 2 aromatic rings. The first-order valence-corrected chi connectivity index (χ1v) is 9.80. The van der Waals surface area contributed by atoms with Crippen LogP contribution in [-0.2, 0) is 11.3 Å². The number of anilines is 1. The summed E-state index contributed by atoms with van der Waals surface area (Å²) in [6, 6.07) is 14.1. The van der Waals surface area contributed by atoms with Crippen LogP contribution in [0.1, 0.15) is 34.3 Å². The van der Waals surface area contributed by atoms with Gasteiger partial charge in [-0.2, -0.15) is 0 Å². The highest BCUT2D eigenvalue weighted by Gasteiger charge is 2.30. The van der Waals surface area contributed by atoms with Gasteiger partial charge in [-0.3, -0.25) is 4.79 Å². The number of quaternary nitrogens is 1. The second kappa shape index (κ2) is 10.1. The Balaban J connectivity index is 0.00000280. The van der Waals surface area contributed by atoms with E-state index < -0.39 is 0 Å². The van der Waals surface area contributed by atoms with Crippen LogP contribution in [0.5, 0.6) is 0 Å². The van der Waals surface area contributed by atoms with Crippen molar-refractivity contribution in [3.8, 4) is 0 Å². The van der Waals surface area contributed by atoms with E-state index in [9.17, 15) is 4.79 Å². The normalized spacial score (nSPS) is 15.0. The maximum absolute atomic E-state index is 12.5. The quantitative estimate of drug-likeness (QED) is 0.487. The summed E-state index contributed by atoms with van der Waals surface area (Å²) in [6.45, 7) is 4.55. The molecular formula is C22H28ClIN2O2. The van der Waals surface area contributed by atoms with Gasteiger partial charge in [0, 0.05) is 34.7 Å². The van der Waals surface area contributed by atoms with Crippen LogP contribution in [0.15, 0.2) is 42.5 Å². The largest absolute Gasteiger partial charge is 1.00 e. The van der Waals surface area contributed by atoms with Crippen LogP contribution >= 0.6 is 11.6 Å². The van der Waals surface area contributed by atoms with E-state index in [1.165, 1.54) is 5.56 Å². The molecule has 28 heavy (non-hydrogen) atoms. The summed E-state index contributed by atoms with van der Waals surface area (Å²) in [4.78, 5) is 12.5. The van der Waals surface area contributed by atoms with Gasteiger partial charge in [0.05, 0.1) is 33.4 Å². The lowest BCUT2D eigenvalue weighted by atomic mass is 10.0. The van der Waals surface area contributed by atoms with Crippen molar-refractivity contribution in [2.45, 2.75) is 32.4 Å². The SMILES string of the molecule is Cc1c(Cl)cccc1C(=O)Nc1ccc(C[N+](C)(C)C2CCOCC2)cc1.[I-]. The van der Waals surface area contributed by atoms with E-state index in [4.69, 9.17) is 16.3 Å². The number of benzene rings is 2. The Labute approximate surface area is 189 Å². The van der Waals surface area contributed by atoms with E-state index >= 15 is 0 Å². The van der Waals surface area contributed by atoms with Gasteiger partial charge in [0.2, 0.25) is 0 Å². The number of rotatable bonds is 5. The molecule has 0 bridgehead atoms. The number of carbonyl (C=O) groups is 1. The molecule has 1 heterocycles. The number of nitrogens with one attached hydrogen (secondary N) is 1. The van der Waals surface area contributed by atoms with Crippen molar-refractivity contribution in [2.75, 3.05) is 32.6 Å². The highest BCUT2D eigenvalue weighted by Crippen LogP contribution is 2.23. The molecule has 2 aromatic carbocycles. The summed E-state index contributed by atoms with van der Waals surface area (Å²) in [5.74, 6) is -0.138. The summed E-state index contributed by atoms with van der Waals surface area (Å²) < 4.78 is 6.45. The van der Waals surface area contributed by atoms with Crippen molar-refractivity contribution in [2.24, 2.45) is 0 Å². The summed E-state index contributed by atoms with van der Waals surface area (Å²) in [5.41, 5.74) is 3.45. The summed E-state index contributed by atoms with van der Waals surface area (Å²) in [7, 11) is 4.57. The molecule has 4 nitrogen and oxygen atoms in total. The van der Waals surface area contributed by atoms with E-state index in [0.29, 0.717) is 16.6 Å². The summed E-state index contributed by atoms with van der Waals surface area (Å²) in [5, 5.41) is 3.56. The van der Waals surface area contributed by atoms with Crippen molar-refractivity contribution in [3.63, 3.8) is 0 Å². The standard InChI is InChI=1S/C22H27ClN2O2.HI/c1-16-20(5-4-6-21(16)23)22(26)24-18-9-7-17(8-10-18)15-25(2,3)19-11-13-27-14-12-19;/h4-10,19H,11-15H2,1-3H3;1H. The molecule has 152 valence electrons. The van der Waals surface area contributed by atoms with E-state index in [1.54, 1.807) is 18.2 Å². The zero-order chi connectivity index (χ0) is 19.4. The predicted octanol–water partition coefficient (Wildman–Crippen LogP) is 1.66. The molecule has 3 rings (SSSR count). The van der Waals surface area contributed by atoms with Crippen LogP contribution in [0.2, 0.25) is 5.02 Å². The second-order valence-electron chi connectivity index (χ2n) is 7.84. The summed E-state index contributed by atoms with van der Waals surface area (Å²) >= 11 is 6.12. The second-order valence-corrected chi connectivity index (χ2v) is 8.25. The Morgan fingerprint density at radius 1 is 1.14 bits per heavy atom. The summed E-state index contributed by atoms with van der Waals surface area (Å²) in [6.07, 6.45) is 2.22. The molecule has 0 spiro atoms. The van der Waals surface area contributed by atoms with Crippen molar-refractivity contribution >= 4 is 23.2 Å². The first kappa shape index (κ1) is 23.1. The van der Waals surface area contributed by atoms with Crippen molar-refractivity contribution < 1.29 is 38.0 Å². The predicted molar refractivity (Wildman–Crippen MR) is 110 cm³/mol. The van der Waals surface area contributed by atoms with E-state index in [1.807, 2.05) is 19.1 Å². The number of amides is 1. The number of nitrogens with zero attached hydrogens (tertiary/aromatic N) is 1. The average Bonchev–Trinajstić information content (AvgIpc) is 2.66. The smallest absolute Gasteiger partial charge is 0.255 e. The molecule has 6 heteroatoms. The Kier molecular flexibility index (Phi) is 8.30. The van der Waals surface area contributed by atoms with Crippen molar-refractivity contribution in [1.29, 1.82) is 0 Å². The molecule has 0 radical (unpaired) electrons. The third-order valence-electron chi connectivity index (χ3n) is 5.49. The lowest BCUT2D eigenvalue weighted by Gasteiger charge is -2.40. The lowest BCUT2D eigenvalue weighted by molar-refractivity contribution is -0.929. The highest BCUT2D eigenvalue weighted by atomic mass is 127. The van der Waals surface area contributed by atoms with Crippen LogP contribution in [0.25, 0.3) is 0 Å². The molecule has 0 aromatic heterocycles. The topological polar surface area (TPSA) is 38.3 Å². The number of carbonyl (C=O) groups excluding carboxylic acids is 1. The van der Waals surface area contributed by atoms with Crippen LogP contribution in [-0.4, -0.2) is 43.7 Å². The van der Waals surface area contributed by atoms with Crippen LogP contribution in [0, 0.1) is 6.92 Å². The Hall–Kier alpha value is -1.15. The van der Waals surface area contributed by atoms with Crippen molar-refractivity contribution in [3.05, 3.63) is 64.2 Å². The van der Waals surface area contributed by atoms with Gasteiger partial charge in [-0.05, 0) is 36.8 Å². The zero-order valence-electron chi connectivity index (χ0n) is 16.7. The average molecular weight is 515 g/mol. The number of halogens is 2. The number of hydrogen-bond donors (Lipinski definition) is 1. The molecule has 1 fully saturated rings. The minimum Gasteiger partial charge on any atom is -1.00 e. The van der Waals surface area contributed by atoms with Crippen LogP contribution < -0.4 is 29.3 Å². The lowest BCUT2D eigenvalue weighted by Crippen LogP contribution is -3.00. The minimum atomic E-state index is -0.138. The monoisotopic (exact) mass is 514 g/mol. The highest BCUT2D eigenvalue weighted by molar-refractivity contribution is 6.32. The van der Waals surface area contributed by atoms with Gasteiger partial charge >= 0.3 is 0 Å². The van der Waals surface area contributed by atoms with Crippen LogP contribution in [0.3, 0.4) is 0 Å². The third-order valence-corrected chi connectivity index (χ3v) is 5.90. The zero-order valence-corrected chi connectivity index (χ0v) is 19.6. The molecule has 0 unspecified atom stereocenters. The molecule has 0 atom stereocenters. The first-order chi connectivity index (χ1) is 12.9.